The number of benzene rings is 1. The zero-order chi connectivity index (χ0) is 14.0. The van der Waals surface area contributed by atoms with Crippen molar-refractivity contribution >= 4 is 15.9 Å². The van der Waals surface area contributed by atoms with Gasteiger partial charge >= 0.3 is 0 Å². The molecular formula is C13H14BrFN2O2. The molecule has 0 radical (unpaired) electrons. The first kappa shape index (κ1) is 14.0. The number of aliphatic hydroxyl groups is 1. The molecule has 0 aliphatic rings. The lowest BCUT2D eigenvalue weighted by molar-refractivity contribution is 0.295. The Hall–Kier alpha value is -1.40. The van der Waals surface area contributed by atoms with Crippen molar-refractivity contribution in [2.45, 2.75) is 6.42 Å². The SMILES string of the molecule is COc1ccc(-c2nc(CCO)n(C)c2Br)cc1F. The molecule has 0 atom stereocenters. The fourth-order valence-corrected chi connectivity index (χ4v) is 2.37. The van der Waals surface area contributed by atoms with Gasteiger partial charge in [-0.25, -0.2) is 9.37 Å². The van der Waals surface area contributed by atoms with Crippen LogP contribution in [0.3, 0.4) is 0 Å². The van der Waals surface area contributed by atoms with Crippen LogP contribution < -0.4 is 4.74 Å². The average molecular weight is 329 g/mol. The Kier molecular flexibility index (Phi) is 4.21. The van der Waals surface area contributed by atoms with Gasteiger partial charge in [0, 0.05) is 19.0 Å². The summed E-state index contributed by atoms with van der Waals surface area (Å²) in [5, 5.41) is 8.98. The van der Waals surface area contributed by atoms with Gasteiger partial charge in [0.15, 0.2) is 11.6 Å². The van der Waals surface area contributed by atoms with E-state index in [0.717, 1.165) is 10.4 Å². The van der Waals surface area contributed by atoms with E-state index in [4.69, 9.17) is 9.84 Å². The number of hydrogen-bond donors (Lipinski definition) is 1. The Bertz CT molecular complexity index is 599. The van der Waals surface area contributed by atoms with Gasteiger partial charge in [0.05, 0.1) is 13.7 Å². The van der Waals surface area contributed by atoms with Crippen molar-refractivity contribution in [1.82, 2.24) is 9.55 Å². The Morgan fingerprint density at radius 3 is 2.79 bits per heavy atom. The second-order valence-electron chi connectivity index (χ2n) is 4.05. The van der Waals surface area contributed by atoms with Crippen molar-refractivity contribution in [1.29, 1.82) is 0 Å². The van der Waals surface area contributed by atoms with Crippen molar-refractivity contribution in [3.05, 3.63) is 34.4 Å². The smallest absolute Gasteiger partial charge is 0.165 e. The first-order valence-corrected chi connectivity index (χ1v) is 6.53. The van der Waals surface area contributed by atoms with Crippen LogP contribution in [0.15, 0.2) is 22.8 Å². The molecule has 102 valence electrons. The van der Waals surface area contributed by atoms with Crippen LogP contribution >= 0.6 is 15.9 Å². The Balaban J connectivity index is 2.47. The van der Waals surface area contributed by atoms with Crippen molar-refractivity contribution < 1.29 is 14.2 Å². The monoisotopic (exact) mass is 328 g/mol. The first-order valence-electron chi connectivity index (χ1n) is 5.74. The molecular weight excluding hydrogens is 315 g/mol. The minimum Gasteiger partial charge on any atom is -0.494 e. The summed E-state index contributed by atoms with van der Waals surface area (Å²) in [4.78, 5) is 4.41. The maximum absolute atomic E-state index is 13.7. The van der Waals surface area contributed by atoms with E-state index in [9.17, 15) is 4.39 Å². The molecule has 19 heavy (non-hydrogen) atoms. The summed E-state index contributed by atoms with van der Waals surface area (Å²) in [6.45, 7) is 0.0215. The zero-order valence-electron chi connectivity index (χ0n) is 10.7. The van der Waals surface area contributed by atoms with E-state index in [0.29, 0.717) is 17.7 Å². The predicted octanol–water partition coefficient (Wildman–Crippen LogP) is 2.53. The second-order valence-corrected chi connectivity index (χ2v) is 4.80. The third kappa shape index (κ3) is 2.64. The summed E-state index contributed by atoms with van der Waals surface area (Å²) in [7, 11) is 3.26. The van der Waals surface area contributed by atoms with Crippen LogP contribution in [0.25, 0.3) is 11.3 Å². The van der Waals surface area contributed by atoms with Gasteiger partial charge in [0.25, 0.3) is 0 Å². The number of nitrogens with zero attached hydrogens (tertiary/aromatic N) is 2. The summed E-state index contributed by atoms with van der Waals surface area (Å²) >= 11 is 3.43. The molecule has 1 heterocycles. The number of hydrogen-bond acceptors (Lipinski definition) is 3. The number of aliphatic hydroxyl groups excluding tert-OH is 1. The molecule has 0 bridgehead atoms. The van der Waals surface area contributed by atoms with Crippen molar-refractivity contribution in [3.8, 4) is 17.0 Å². The van der Waals surface area contributed by atoms with Crippen LogP contribution in [0.1, 0.15) is 5.82 Å². The molecule has 6 heteroatoms. The lowest BCUT2D eigenvalue weighted by Gasteiger charge is -2.04. The van der Waals surface area contributed by atoms with Gasteiger partial charge in [-0.1, -0.05) is 0 Å². The predicted molar refractivity (Wildman–Crippen MR) is 73.6 cm³/mol. The van der Waals surface area contributed by atoms with Gasteiger partial charge in [-0.3, -0.25) is 0 Å². The summed E-state index contributed by atoms with van der Waals surface area (Å²) < 4.78 is 21.2. The van der Waals surface area contributed by atoms with Crippen LogP contribution in [0.5, 0.6) is 5.75 Å². The van der Waals surface area contributed by atoms with Gasteiger partial charge < -0.3 is 14.4 Å². The molecule has 0 aliphatic heterocycles. The lowest BCUT2D eigenvalue weighted by Crippen LogP contribution is -2.00. The fourth-order valence-electron chi connectivity index (χ4n) is 1.84. The molecule has 0 amide bonds. The summed E-state index contributed by atoms with van der Waals surface area (Å²) in [6.07, 6.45) is 0.452. The molecule has 0 saturated carbocycles. The minimum absolute atomic E-state index is 0.0215. The number of aromatic nitrogens is 2. The summed E-state index contributed by atoms with van der Waals surface area (Å²) in [6, 6.07) is 4.70. The molecule has 1 aromatic carbocycles. The highest BCUT2D eigenvalue weighted by atomic mass is 79.9. The van der Waals surface area contributed by atoms with E-state index < -0.39 is 5.82 Å². The standard InChI is InChI=1S/C13H14BrFN2O2/c1-17-11(5-6-18)16-12(13(17)14)8-3-4-10(19-2)9(15)7-8/h3-4,7,18H,5-6H2,1-2H3. The first-order chi connectivity index (χ1) is 9.08. The highest BCUT2D eigenvalue weighted by Crippen LogP contribution is 2.30. The molecule has 1 N–H and O–H groups in total. The minimum atomic E-state index is -0.429. The normalized spacial score (nSPS) is 10.8. The van der Waals surface area contributed by atoms with Gasteiger partial charge in [-0.05, 0) is 34.1 Å². The number of methoxy groups -OCH3 is 1. The zero-order valence-corrected chi connectivity index (χ0v) is 12.2. The van der Waals surface area contributed by atoms with Crippen molar-refractivity contribution in [2.75, 3.05) is 13.7 Å². The summed E-state index contributed by atoms with van der Waals surface area (Å²) in [5.74, 6) is 0.508. The Morgan fingerprint density at radius 1 is 1.47 bits per heavy atom. The molecule has 1 aromatic heterocycles. The highest BCUT2D eigenvalue weighted by molar-refractivity contribution is 9.10. The topological polar surface area (TPSA) is 47.3 Å². The van der Waals surface area contributed by atoms with E-state index in [1.807, 2.05) is 11.6 Å². The second kappa shape index (κ2) is 5.71. The van der Waals surface area contributed by atoms with Gasteiger partial charge in [0.2, 0.25) is 0 Å². The van der Waals surface area contributed by atoms with Crippen molar-refractivity contribution in [3.63, 3.8) is 0 Å². The van der Waals surface area contributed by atoms with E-state index in [1.165, 1.54) is 13.2 Å². The van der Waals surface area contributed by atoms with Crippen LogP contribution in [-0.4, -0.2) is 28.4 Å². The lowest BCUT2D eigenvalue weighted by atomic mass is 10.1. The maximum Gasteiger partial charge on any atom is 0.165 e. The molecule has 0 fully saturated rings. The largest absolute Gasteiger partial charge is 0.494 e. The fraction of sp³-hybridized carbons (Fsp3) is 0.308. The Labute approximate surface area is 119 Å². The number of imidazole rings is 1. The van der Waals surface area contributed by atoms with Crippen LogP contribution in [0, 0.1) is 5.82 Å². The van der Waals surface area contributed by atoms with Crippen LogP contribution in [-0.2, 0) is 13.5 Å². The van der Waals surface area contributed by atoms with E-state index >= 15 is 0 Å². The molecule has 0 unspecified atom stereocenters. The molecule has 2 aromatic rings. The van der Waals surface area contributed by atoms with E-state index in [-0.39, 0.29) is 12.4 Å². The van der Waals surface area contributed by atoms with Gasteiger partial charge in [-0.2, -0.15) is 0 Å². The third-order valence-corrected chi connectivity index (χ3v) is 3.79. The molecule has 4 nitrogen and oxygen atoms in total. The number of ether oxygens (including phenoxy) is 1. The quantitative estimate of drug-likeness (QED) is 0.938. The number of rotatable bonds is 4. The third-order valence-electron chi connectivity index (χ3n) is 2.88. The Morgan fingerprint density at radius 2 is 2.21 bits per heavy atom. The average Bonchev–Trinajstić information content (AvgIpc) is 2.67. The van der Waals surface area contributed by atoms with Crippen molar-refractivity contribution in [2.24, 2.45) is 7.05 Å². The van der Waals surface area contributed by atoms with Crippen LogP contribution in [0.4, 0.5) is 4.39 Å². The molecule has 0 spiro atoms. The van der Waals surface area contributed by atoms with Gasteiger partial charge in [-0.15, -0.1) is 0 Å². The highest BCUT2D eigenvalue weighted by Gasteiger charge is 2.15. The van der Waals surface area contributed by atoms with Crippen LogP contribution in [0.2, 0.25) is 0 Å². The molecule has 0 aliphatic carbocycles. The number of halogens is 2. The van der Waals surface area contributed by atoms with Gasteiger partial charge in [0.1, 0.15) is 16.1 Å². The molecule has 0 saturated heterocycles. The maximum atomic E-state index is 13.7. The van der Waals surface area contributed by atoms with E-state index in [1.54, 1.807) is 12.1 Å². The molecule has 2 rings (SSSR count). The van der Waals surface area contributed by atoms with E-state index in [2.05, 4.69) is 20.9 Å². The summed E-state index contributed by atoms with van der Waals surface area (Å²) in [5.41, 5.74) is 1.30.